The van der Waals surface area contributed by atoms with Crippen LogP contribution >= 0.6 is 0 Å². The number of aliphatic carboxylic acids is 1. The molecular formula is C16H21F2N3O7. The molecule has 2 rings (SSSR count). The van der Waals surface area contributed by atoms with Gasteiger partial charge in [-0.25, -0.2) is 4.79 Å². The van der Waals surface area contributed by atoms with E-state index in [4.69, 9.17) is 20.3 Å². The van der Waals surface area contributed by atoms with Crippen LogP contribution < -0.4 is 11.4 Å². The first-order valence-electron chi connectivity index (χ1n) is 8.56. The summed E-state index contributed by atoms with van der Waals surface area (Å²) < 4.78 is 39.0. The number of carbonyl (C=O) groups excluding carboxylic acids is 1. The number of rotatable bonds is 9. The van der Waals surface area contributed by atoms with E-state index in [1.54, 1.807) is 0 Å². The molecule has 1 aromatic rings. The largest absolute Gasteiger partial charge is 0.481 e. The molecule has 1 aliphatic heterocycles. The fraction of sp³-hybridized carbons (Fsp3) is 0.625. The molecule has 1 saturated heterocycles. The van der Waals surface area contributed by atoms with Crippen LogP contribution in [-0.4, -0.2) is 56.4 Å². The molecule has 0 amide bonds. The minimum absolute atomic E-state index is 0.00696. The molecule has 0 bridgehead atoms. The highest BCUT2D eigenvalue weighted by atomic mass is 19.3. The maximum atomic E-state index is 14.3. The second-order valence-electron chi connectivity index (χ2n) is 6.33. The van der Waals surface area contributed by atoms with Crippen LogP contribution in [0.4, 0.5) is 14.6 Å². The normalized spacial score (nSPS) is 23.5. The van der Waals surface area contributed by atoms with Crippen LogP contribution in [0.15, 0.2) is 17.1 Å². The third-order valence-corrected chi connectivity index (χ3v) is 4.16. The van der Waals surface area contributed by atoms with Gasteiger partial charge < -0.3 is 25.4 Å². The molecule has 28 heavy (non-hydrogen) atoms. The van der Waals surface area contributed by atoms with Crippen molar-refractivity contribution in [3.05, 3.63) is 22.7 Å². The summed E-state index contributed by atoms with van der Waals surface area (Å²) in [6, 6.07) is 1.13. The van der Waals surface area contributed by atoms with Crippen LogP contribution in [0, 0.1) is 0 Å². The van der Waals surface area contributed by atoms with Gasteiger partial charge in [0.15, 0.2) is 6.10 Å². The Morgan fingerprint density at radius 2 is 2.00 bits per heavy atom. The number of ether oxygens (including phenoxy) is 2. The second-order valence-corrected chi connectivity index (χ2v) is 6.33. The van der Waals surface area contributed by atoms with E-state index < -0.39 is 48.6 Å². The van der Waals surface area contributed by atoms with Crippen molar-refractivity contribution in [3.63, 3.8) is 0 Å². The van der Waals surface area contributed by atoms with E-state index >= 15 is 0 Å². The van der Waals surface area contributed by atoms with E-state index in [0.29, 0.717) is 23.8 Å². The Morgan fingerprint density at radius 1 is 1.32 bits per heavy atom. The Balaban J connectivity index is 1.88. The smallest absolute Gasteiger partial charge is 0.351 e. The van der Waals surface area contributed by atoms with Gasteiger partial charge in [0.25, 0.3) is 0 Å². The van der Waals surface area contributed by atoms with Gasteiger partial charge in [0.2, 0.25) is 6.23 Å². The summed E-state index contributed by atoms with van der Waals surface area (Å²) in [7, 11) is 0. The zero-order valence-electron chi connectivity index (χ0n) is 14.8. The number of carboxylic acids is 1. The second kappa shape index (κ2) is 9.06. The van der Waals surface area contributed by atoms with Gasteiger partial charge in [0, 0.05) is 19.0 Å². The maximum absolute atomic E-state index is 14.3. The molecular weight excluding hydrogens is 384 g/mol. The lowest BCUT2D eigenvalue weighted by molar-refractivity contribution is -0.150. The van der Waals surface area contributed by atoms with Crippen molar-refractivity contribution in [1.29, 1.82) is 0 Å². The molecule has 0 saturated carbocycles. The van der Waals surface area contributed by atoms with Crippen molar-refractivity contribution in [2.75, 3.05) is 12.3 Å². The molecule has 1 aromatic heterocycles. The predicted octanol–water partition coefficient (Wildman–Crippen LogP) is 0.297. The van der Waals surface area contributed by atoms with Crippen LogP contribution in [0.25, 0.3) is 0 Å². The number of carboxylic acid groups (broad SMARTS) is 1. The summed E-state index contributed by atoms with van der Waals surface area (Å²) >= 11 is 0. The molecule has 156 valence electrons. The minimum atomic E-state index is -3.82. The monoisotopic (exact) mass is 405 g/mol. The zero-order chi connectivity index (χ0) is 20.9. The molecule has 1 fully saturated rings. The standard InChI is InChI=1S/C16H21F2N3O7/c17-16(18)13(25)9(8-27-12(24)5-3-1-2-4-11(22)23)28-14(16)21-7-6-10(19)20-15(21)26/h6-7,9,13-14,25H,1-5,8H2,(H,22,23)(H2,19,20,26)/t9-,13-,14-/m1/s1. The molecule has 3 atom stereocenters. The lowest BCUT2D eigenvalue weighted by Crippen LogP contribution is -2.42. The molecule has 0 spiro atoms. The van der Waals surface area contributed by atoms with Crippen LogP contribution in [0.5, 0.6) is 0 Å². The lowest BCUT2D eigenvalue weighted by Gasteiger charge is -2.20. The highest BCUT2D eigenvalue weighted by Gasteiger charge is 2.60. The van der Waals surface area contributed by atoms with Crippen LogP contribution in [0.1, 0.15) is 38.3 Å². The molecule has 0 aliphatic carbocycles. The molecule has 0 aromatic carbocycles. The summed E-state index contributed by atoms with van der Waals surface area (Å²) in [5, 5.41) is 18.3. The number of hydrogen-bond donors (Lipinski definition) is 3. The number of anilines is 1. The maximum Gasteiger partial charge on any atom is 0.351 e. The van der Waals surface area contributed by atoms with E-state index in [-0.39, 0.29) is 18.7 Å². The molecule has 0 unspecified atom stereocenters. The van der Waals surface area contributed by atoms with Gasteiger partial charge in [-0.2, -0.15) is 13.8 Å². The highest BCUT2D eigenvalue weighted by Crippen LogP contribution is 2.42. The summed E-state index contributed by atoms with van der Waals surface area (Å²) in [6.07, 6.45) is -3.74. The number of halogens is 2. The molecule has 4 N–H and O–H groups in total. The van der Waals surface area contributed by atoms with Crippen molar-refractivity contribution < 1.29 is 38.1 Å². The van der Waals surface area contributed by atoms with Crippen molar-refractivity contribution in [3.8, 4) is 0 Å². The Hall–Kier alpha value is -2.60. The number of aliphatic hydroxyl groups is 1. The number of esters is 1. The molecule has 12 heteroatoms. The number of carbonyl (C=O) groups is 2. The fourth-order valence-corrected chi connectivity index (χ4v) is 2.68. The fourth-order valence-electron chi connectivity index (χ4n) is 2.68. The number of nitrogens with zero attached hydrogens (tertiary/aromatic N) is 2. The number of hydrogen-bond acceptors (Lipinski definition) is 8. The predicted molar refractivity (Wildman–Crippen MR) is 89.5 cm³/mol. The van der Waals surface area contributed by atoms with Crippen LogP contribution in [0.3, 0.4) is 0 Å². The first-order chi connectivity index (χ1) is 13.1. The van der Waals surface area contributed by atoms with Crippen LogP contribution in [-0.2, 0) is 19.1 Å². The number of nitrogens with two attached hydrogens (primary N) is 1. The SMILES string of the molecule is Nc1ccn([C@@H]2O[C@H](COC(=O)CCCCCC(=O)O)[C@@H](O)C2(F)F)c(=O)n1. The van der Waals surface area contributed by atoms with E-state index in [0.717, 1.165) is 12.3 Å². The van der Waals surface area contributed by atoms with Gasteiger partial charge in [0.1, 0.15) is 18.5 Å². The van der Waals surface area contributed by atoms with Crippen molar-refractivity contribution in [2.45, 2.75) is 56.5 Å². The van der Waals surface area contributed by atoms with Crippen LogP contribution in [0.2, 0.25) is 0 Å². The Bertz CT molecular complexity index is 771. The Morgan fingerprint density at radius 3 is 2.64 bits per heavy atom. The molecule has 2 heterocycles. The van der Waals surface area contributed by atoms with Gasteiger partial charge in [-0.15, -0.1) is 0 Å². The van der Waals surface area contributed by atoms with Crippen molar-refractivity contribution in [2.24, 2.45) is 0 Å². The summed E-state index contributed by atoms with van der Waals surface area (Å²) in [4.78, 5) is 37.1. The van der Waals surface area contributed by atoms with Crippen molar-refractivity contribution >= 4 is 17.8 Å². The number of unbranched alkanes of at least 4 members (excludes halogenated alkanes) is 2. The minimum Gasteiger partial charge on any atom is -0.481 e. The van der Waals surface area contributed by atoms with Gasteiger partial charge in [-0.3, -0.25) is 14.2 Å². The average molecular weight is 405 g/mol. The number of nitrogen functional groups attached to an aromatic ring is 1. The molecule has 10 nitrogen and oxygen atoms in total. The summed E-state index contributed by atoms with van der Waals surface area (Å²) in [5.74, 6) is -5.60. The third-order valence-electron chi connectivity index (χ3n) is 4.16. The summed E-state index contributed by atoms with van der Waals surface area (Å²) in [6.45, 7) is -0.627. The first-order valence-corrected chi connectivity index (χ1v) is 8.56. The van der Waals surface area contributed by atoms with E-state index in [9.17, 15) is 28.3 Å². The lowest BCUT2D eigenvalue weighted by atomic mass is 10.1. The Labute approximate surface area is 157 Å². The van der Waals surface area contributed by atoms with Gasteiger partial charge in [-0.05, 0) is 18.9 Å². The molecule has 1 aliphatic rings. The number of aliphatic hydroxyl groups excluding tert-OH is 1. The van der Waals surface area contributed by atoms with E-state index in [1.807, 2.05) is 0 Å². The van der Waals surface area contributed by atoms with Gasteiger partial charge in [-0.1, -0.05) is 6.42 Å². The van der Waals surface area contributed by atoms with Gasteiger partial charge in [0.05, 0.1) is 0 Å². The number of alkyl halides is 2. The van der Waals surface area contributed by atoms with E-state index in [2.05, 4.69) is 4.98 Å². The third kappa shape index (κ3) is 5.23. The first kappa shape index (κ1) is 21.7. The topological polar surface area (TPSA) is 154 Å². The quantitative estimate of drug-likeness (QED) is 0.389. The average Bonchev–Trinajstić information content (AvgIpc) is 2.83. The van der Waals surface area contributed by atoms with Crippen molar-refractivity contribution in [1.82, 2.24) is 9.55 Å². The zero-order valence-corrected chi connectivity index (χ0v) is 14.8. The summed E-state index contributed by atoms with van der Waals surface area (Å²) in [5.41, 5.74) is 4.24. The Kier molecular flexibility index (Phi) is 7.02. The van der Waals surface area contributed by atoms with E-state index in [1.165, 1.54) is 0 Å². The molecule has 0 radical (unpaired) electrons. The highest BCUT2D eigenvalue weighted by molar-refractivity contribution is 5.69. The number of aromatic nitrogens is 2. The van der Waals surface area contributed by atoms with Gasteiger partial charge >= 0.3 is 23.6 Å².